The van der Waals surface area contributed by atoms with Gasteiger partial charge >= 0.3 is 0 Å². The number of nitrogens with zero attached hydrogens (tertiary/aromatic N) is 1. The molecule has 2 aromatic heterocycles. The van der Waals surface area contributed by atoms with E-state index in [4.69, 9.17) is 11.6 Å². The summed E-state index contributed by atoms with van der Waals surface area (Å²) in [7, 11) is 0. The molecule has 0 aliphatic heterocycles. The number of benzene rings is 1. The van der Waals surface area contributed by atoms with Crippen LogP contribution in [0.5, 0.6) is 0 Å². The van der Waals surface area contributed by atoms with Crippen molar-refractivity contribution in [2.75, 3.05) is 0 Å². The first-order valence-corrected chi connectivity index (χ1v) is 7.84. The van der Waals surface area contributed by atoms with Crippen LogP contribution < -0.4 is 0 Å². The minimum absolute atomic E-state index is 0.0437. The van der Waals surface area contributed by atoms with E-state index in [1.54, 1.807) is 11.3 Å². The van der Waals surface area contributed by atoms with E-state index in [1.807, 2.05) is 36.6 Å². The fraction of sp³-hybridized carbons (Fsp3) is 0.143. The van der Waals surface area contributed by atoms with Gasteiger partial charge in [-0.25, -0.2) is 4.98 Å². The predicted molar refractivity (Wildman–Crippen MR) is 81.7 cm³/mol. The monoisotopic (exact) mass is 307 g/mol. The minimum atomic E-state index is 0.0437. The molecule has 3 aromatic rings. The third kappa shape index (κ3) is 2.43. The average Bonchev–Trinajstić information content (AvgIpc) is 2.93. The van der Waals surface area contributed by atoms with Crippen molar-refractivity contribution in [2.45, 2.75) is 13.3 Å². The Morgan fingerprint density at radius 3 is 2.84 bits per heavy atom. The molecular formula is C14H10ClNOS2. The molecule has 0 fully saturated rings. The number of Topliss-reactive ketones (excluding diaryl/α,β-unsaturated/α-hetero) is 1. The summed E-state index contributed by atoms with van der Waals surface area (Å²) in [5.74, 6) is 0.0437. The number of ketones is 1. The second-order valence-electron chi connectivity index (χ2n) is 4.24. The fourth-order valence-corrected chi connectivity index (χ4v) is 4.04. The van der Waals surface area contributed by atoms with E-state index in [1.165, 1.54) is 11.3 Å². The van der Waals surface area contributed by atoms with Crippen molar-refractivity contribution >= 4 is 50.3 Å². The topological polar surface area (TPSA) is 30.0 Å². The van der Waals surface area contributed by atoms with E-state index in [0.717, 1.165) is 20.8 Å². The SMILES string of the molecule is Cc1csc(C(=O)Cc2nc3ccccc3s2)c1Cl. The molecule has 2 heterocycles. The molecule has 0 saturated heterocycles. The molecule has 0 N–H and O–H groups in total. The molecule has 0 aliphatic rings. The number of para-hydroxylation sites is 1. The summed E-state index contributed by atoms with van der Waals surface area (Å²) < 4.78 is 1.11. The maximum Gasteiger partial charge on any atom is 0.181 e. The van der Waals surface area contributed by atoms with Gasteiger partial charge in [-0.15, -0.1) is 22.7 Å². The number of aromatic nitrogens is 1. The Bertz CT molecular complexity index is 727. The molecule has 0 aliphatic carbocycles. The first-order valence-electron chi connectivity index (χ1n) is 5.76. The molecule has 0 amide bonds. The van der Waals surface area contributed by atoms with Gasteiger partial charge in [0.1, 0.15) is 5.01 Å². The van der Waals surface area contributed by atoms with Gasteiger partial charge in [0.25, 0.3) is 0 Å². The lowest BCUT2D eigenvalue weighted by Gasteiger charge is -1.95. The highest BCUT2D eigenvalue weighted by Crippen LogP contribution is 2.29. The van der Waals surface area contributed by atoms with Crippen LogP contribution >= 0.6 is 34.3 Å². The van der Waals surface area contributed by atoms with Crippen LogP contribution in [0.1, 0.15) is 20.2 Å². The maximum absolute atomic E-state index is 12.2. The summed E-state index contributed by atoms with van der Waals surface area (Å²) in [5, 5.41) is 3.33. The summed E-state index contributed by atoms with van der Waals surface area (Å²) in [6.07, 6.45) is 0.318. The third-order valence-corrected chi connectivity index (χ3v) is 5.58. The lowest BCUT2D eigenvalue weighted by Crippen LogP contribution is -2.01. The second kappa shape index (κ2) is 5.04. The number of hydrogen-bond donors (Lipinski definition) is 0. The first-order chi connectivity index (χ1) is 9.15. The van der Waals surface area contributed by atoms with Crippen molar-refractivity contribution in [2.24, 2.45) is 0 Å². The van der Waals surface area contributed by atoms with E-state index in [0.29, 0.717) is 16.3 Å². The Hall–Kier alpha value is -1.23. The molecule has 0 bridgehead atoms. The molecular weight excluding hydrogens is 298 g/mol. The molecule has 0 radical (unpaired) electrons. The van der Waals surface area contributed by atoms with Crippen LogP contribution in [0, 0.1) is 6.92 Å². The standard InChI is InChI=1S/C14H10ClNOS2/c1-8-7-18-14(13(8)15)10(17)6-12-16-9-4-2-3-5-11(9)19-12/h2-5,7H,6H2,1H3. The van der Waals surface area contributed by atoms with Crippen LogP contribution in [0.25, 0.3) is 10.2 Å². The molecule has 19 heavy (non-hydrogen) atoms. The molecule has 0 unspecified atom stereocenters. The number of fused-ring (bicyclic) bond motifs is 1. The predicted octanol–water partition coefficient (Wildman–Crippen LogP) is 4.75. The molecule has 0 atom stereocenters. The largest absolute Gasteiger partial charge is 0.293 e. The third-order valence-electron chi connectivity index (χ3n) is 2.80. The van der Waals surface area contributed by atoms with E-state index < -0.39 is 0 Å². The summed E-state index contributed by atoms with van der Waals surface area (Å²) in [4.78, 5) is 17.3. The number of hydrogen-bond acceptors (Lipinski definition) is 4. The van der Waals surface area contributed by atoms with Gasteiger partial charge in [-0.3, -0.25) is 4.79 Å². The number of thiazole rings is 1. The molecule has 3 rings (SSSR count). The van der Waals surface area contributed by atoms with Gasteiger partial charge in [-0.1, -0.05) is 23.7 Å². The zero-order valence-electron chi connectivity index (χ0n) is 10.1. The Morgan fingerprint density at radius 2 is 2.16 bits per heavy atom. The lowest BCUT2D eigenvalue weighted by molar-refractivity contribution is 0.0997. The average molecular weight is 308 g/mol. The van der Waals surface area contributed by atoms with Gasteiger partial charge in [0, 0.05) is 0 Å². The van der Waals surface area contributed by atoms with Crippen LogP contribution in [0.4, 0.5) is 0 Å². The van der Waals surface area contributed by atoms with Crippen LogP contribution in [0.3, 0.4) is 0 Å². The molecule has 0 saturated carbocycles. The van der Waals surface area contributed by atoms with E-state index >= 15 is 0 Å². The normalized spacial score (nSPS) is 11.1. The summed E-state index contributed by atoms with van der Waals surface area (Å²) in [5.41, 5.74) is 1.91. The molecule has 0 spiro atoms. The zero-order chi connectivity index (χ0) is 13.4. The highest BCUT2D eigenvalue weighted by atomic mass is 35.5. The van der Waals surface area contributed by atoms with Crippen molar-refractivity contribution in [3.05, 3.63) is 50.1 Å². The number of thiophene rings is 1. The van der Waals surface area contributed by atoms with Crippen LogP contribution in [0.15, 0.2) is 29.6 Å². The first kappa shape index (κ1) is 12.8. The lowest BCUT2D eigenvalue weighted by atomic mass is 10.2. The number of aryl methyl sites for hydroxylation is 1. The van der Waals surface area contributed by atoms with Gasteiger partial charge in [0.2, 0.25) is 0 Å². The smallest absolute Gasteiger partial charge is 0.181 e. The van der Waals surface area contributed by atoms with Gasteiger partial charge in [0.15, 0.2) is 5.78 Å². The molecule has 96 valence electrons. The van der Waals surface area contributed by atoms with Crippen LogP contribution in [0.2, 0.25) is 5.02 Å². The number of carbonyl (C=O) groups is 1. The highest BCUT2D eigenvalue weighted by Gasteiger charge is 2.16. The van der Waals surface area contributed by atoms with E-state index in [-0.39, 0.29) is 5.78 Å². The van der Waals surface area contributed by atoms with Gasteiger partial charge in [-0.2, -0.15) is 0 Å². The molecule has 2 nitrogen and oxygen atoms in total. The van der Waals surface area contributed by atoms with E-state index in [2.05, 4.69) is 4.98 Å². The van der Waals surface area contributed by atoms with Crippen molar-refractivity contribution in [3.63, 3.8) is 0 Å². The quantitative estimate of drug-likeness (QED) is 0.654. The van der Waals surface area contributed by atoms with Gasteiger partial charge in [-0.05, 0) is 30.0 Å². The second-order valence-corrected chi connectivity index (χ2v) is 6.61. The summed E-state index contributed by atoms with van der Waals surface area (Å²) >= 11 is 9.09. The Morgan fingerprint density at radius 1 is 1.37 bits per heavy atom. The Labute approximate surface area is 123 Å². The van der Waals surface area contributed by atoms with Crippen LogP contribution in [-0.2, 0) is 6.42 Å². The Kier molecular flexibility index (Phi) is 3.39. The van der Waals surface area contributed by atoms with Gasteiger partial charge < -0.3 is 0 Å². The van der Waals surface area contributed by atoms with Crippen molar-refractivity contribution in [3.8, 4) is 0 Å². The summed E-state index contributed by atoms with van der Waals surface area (Å²) in [6.45, 7) is 1.91. The van der Waals surface area contributed by atoms with Crippen LogP contribution in [-0.4, -0.2) is 10.8 Å². The Balaban J connectivity index is 1.88. The maximum atomic E-state index is 12.2. The van der Waals surface area contributed by atoms with Crippen molar-refractivity contribution in [1.82, 2.24) is 4.98 Å². The minimum Gasteiger partial charge on any atom is -0.293 e. The number of rotatable bonds is 3. The highest BCUT2D eigenvalue weighted by molar-refractivity contribution is 7.18. The van der Waals surface area contributed by atoms with Crippen molar-refractivity contribution in [1.29, 1.82) is 0 Å². The molecule has 5 heteroatoms. The van der Waals surface area contributed by atoms with E-state index in [9.17, 15) is 4.79 Å². The summed E-state index contributed by atoms with van der Waals surface area (Å²) in [6, 6.07) is 7.91. The van der Waals surface area contributed by atoms with Gasteiger partial charge in [0.05, 0.1) is 26.5 Å². The fourth-order valence-electron chi connectivity index (χ4n) is 1.83. The van der Waals surface area contributed by atoms with Crippen molar-refractivity contribution < 1.29 is 4.79 Å². The molecule has 1 aromatic carbocycles. The number of halogens is 1. The zero-order valence-corrected chi connectivity index (χ0v) is 12.5. The number of carbonyl (C=O) groups excluding carboxylic acids is 1.